The van der Waals surface area contributed by atoms with Crippen LogP contribution in [-0.4, -0.2) is 37.4 Å². The third-order valence-electron chi connectivity index (χ3n) is 6.95. The number of rotatable bonds is 3. The first-order valence-electron chi connectivity index (χ1n) is 11.1. The van der Waals surface area contributed by atoms with Crippen LogP contribution in [-0.2, 0) is 9.84 Å². The third kappa shape index (κ3) is 3.21. The summed E-state index contributed by atoms with van der Waals surface area (Å²) in [6, 6.07) is 14.7. The van der Waals surface area contributed by atoms with Gasteiger partial charge in [-0.05, 0) is 48.9 Å². The Bertz CT molecular complexity index is 1550. The molecule has 3 heterocycles. The molecule has 33 heavy (non-hydrogen) atoms. The lowest BCUT2D eigenvalue weighted by Crippen LogP contribution is -2.33. The minimum Gasteiger partial charge on any atom is -0.342 e. The molecular formula is C26H22F2N2O2S. The molecule has 1 saturated heterocycles. The van der Waals surface area contributed by atoms with E-state index < -0.39 is 21.5 Å². The molecule has 4 nitrogen and oxygen atoms in total. The van der Waals surface area contributed by atoms with Crippen molar-refractivity contribution < 1.29 is 17.2 Å². The van der Waals surface area contributed by atoms with Gasteiger partial charge in [-0.3, -0.25) is 4.90 Å². The highest BCUT2D eigenvalue weighted by molar-refractivity contribution is 7.91. The molecule has 2 aliphatic rings. The van der Waals surface area contributed by atoms with Crippen LogP contribution in [0.4, 0.5) is 8.78 Å². The molecule has 0 aliphatic carbocycles. The van der Waals surface area contributed by atoms with Crippen LogP contribution in [0, 0.1) is 11.6 Å². The van der Waals surface area contributed by atoms with E-state index in [0.717, 1.165) is 36.4 Å². The van der Waals surface area contributed by atoms with E-state index in [1.165, 1.54) is 6.07 Å². The van der Waals surface area contributed by atoms with Gasteiger partial charge in [-0.1, -0.05) is 42.5 Å². The Labute approximate surface area is 190 Å². The molecule has 0 amide bonds. The molecule has 0 bridgehead atoms. The van der Waals surface area contributed by atoms with Crippen LogP contribution in [0.15, 0.2) is 70.6 Å². The second kappa shape index (κ2) is 7.50. The van der Waals surface area contributed by atoms with Gasteiger partial charge in [-0.2, -0.15) is 0 Å². The number of nitrogens with one attached hydrogen (secondary N) is 1. The zero-order valence-corrected chi connectivity index (χ0v) is 18.6. The second-order valence-electron chi connectivity index (χ2n) is 8.84. The Hall–Kier alpha value is -3.03. The van der Waals surface area contributed by atoms with Gasteiger partial charge in [0.1, 0.15) is 16.7 Å². The topological polar surface area (TPSA) is 53.2 Å². The SMILES string of the molecule is O=S(=O)(c1[nH]c2c(F)cc(F)cc2c1C1=CCN2CCCC2C1)c1cccc2ccccc12. The molecule has 0 saturated carbocycles. The number of fused-ring (bicyclic) bond motifs is 3. The lowest BCUT2D eigenvalue weighted by molar-refractivity contribution is 0.275. The van der Waals surface area contributed by atoms with Gasteiger partial charge in [0.2, 0.25) is 9.84 Å². The Morgan fingerprint density at radius 3 is 2.70 bits per heavy atom. The standard InChI is InChI=1S/C26H22F2N2O2S/c27-18-14-21-24(17-10-12-30-11-4-7-19(30)13-17)26(29-25(21)22(28)15-18)33(31,32)23-9-3-6-16-5-1-2-8-20(16)23/h1-3,5-6,8-10,14-15,19,29H,4,7,11-13H2. The molecule has 0 spiro atoms. The van der Waals surface area contributed by atoms with E-state index in [9.17, 15) is 17.2 Å². The molecule has 3 aromatic carbocycles. The van der Waals surface area contributed by atoms with Gasteiger partial charge in [0, 0.05) is 35.0 Å². The lowest BCUT2D eigenvalue weighted by atomic mass is 9.94. The first-order chi connectivity index (χ1) is 15.9. The van der Waals surface area contributed by atoms with E-state index in [0.29, 0.717) is 30.0 Å². The maximum Gasteiger partial charge on any atom is 0.223 e. The summed E-state index contributed by atoms with van der Waals surface area (Å²) in [7, 11) is -4.06. The number of halogens is 2. The van der Waals surface area contributed by atoms with E-state index in [1.807, 2.05) is 24.3 Å². The average molecular weight is 465 g/mol. The number of hydrogen-bond acceptors (Lipinski definition) is 3. The Balaban J connectivity index is 1.63. The van der Waals surface area contributed by atoms with Gasteiger partial charge in [-0.15, -0.1) is 0 Å². The summed E-state index contributed by atoms with van der Waals surface area (Å²) >= 11 is 0. The summed E-state index contributed by atoms with van der Waals surface area (Å²) in [4.78, 5) is 5.36. The van der Waals surface area contributed by atoms with Crippen molar-refractivity contribution in [3.8, 4) is 0 Å². The number of benzene rings is 3. The fraction of sp³-hybridized carbons (Fsp3) is 0.231. The van der Waals surface area contributed by atoms with Gasteiger partial charge < -0.3 is 4.98 Å². The Morgan fingerprint density at radius 1 is 1.00 bits per heavy atom. The van der Waals surface area contributed by atoms with Crippen LogP contribution >= 0.6 is 0 Å². The fourth-order valence-corrected chi connectivity index (χ4v) is 7.09. The van der Waals surface area contributed by atoms with Crippen molar-refractivity contribution >= 4 is 37.1 Å². The van der Waals surface area contributed by atoms with Crippen molar-refractivity contribution in [2.45, 2.75) is 35.2 Å². The predicted octanol–water partition coefficient (Wildman–Crippen LogP) is 5.68. The maximum atomic E-state index is 14.8. The molecular weight excluding hydrogens is 442 g/mol. The summed E-state index contributed by atoms with van der Waals surface area (Å²) in [5, 5.41) is 1.59. The summed E-state index contributed by atoms with van der Waals surface area (Å²) in [5.41, 5.74) is 1.23. The first-order valence-corrected chi connectivity index (χ1v) is 12.6. The van der Waals surface area contributed by atoms with Gasteiger partial charge in [-0.25, -0.2) is 17.2 Å². The van der Waals surface area contributed by atoms with Gasteiger partial charge in [0.15, 0.2) is 0 Å². The predicted molar refractivity (Wildman–Crippen MR) is 125 cm³/mol. The molecule has 1 unspecified atom stereocenters. The number of sulfone groups is 1. The molecule has 7 heteroatoms. The van der Waals surface area contributed by atoms with Crippen LogP contribution in [0.5, 0.6) is 0 Å². The van der Waals surface area contributed by atoms with Crippen molar-refractivity contribution in [1.82, 2.24) is 9.88 Å². The largest absolute Gasteiger partial charge is 0.342 e. The Kier molecular flexibility index (Phi) is 4.67. The van der Waals surface area contributed by atoms with Crippen LogP contribution in [0.1, 0.15) is 24.8 Å². The van der Waals surface area contributed by atoms with Crippen LogP contribution < -0.4 is 0 Å². The van der Waals surface area contributed by atoms with Gasteiger partial charge in [0.25, 0.3) is 0 Å². The zero-order valence-electron chi connectivity index (χ0n) is 17.8. The van der Waals surface area contributed by atoms with Gasteiger partial charge in [0.05, 0.1) is 10.4 Å². The second-order valence-corrected chi connectivity index (χ2v) is 10.7. The van der Waals surface area contributed by atoms with Crippen LogP contribution in [0.2, 0.25) is 0 Å². The quantitative estimate of drug-likeness (QED) is 0.424. The molecule has 6 rings (SSSR count). The lowest BCUT2D eigenvalue weighted by Gasteiger charge is -2.29. The number of nitrogens with zero attached hydrogens (tertiary/aromatic N) is 1. The Morgan fingerprint density at radius 2 is 1.82 bits per heavy atom. The van der Waals surface area contributed by atoms with Crippen molar-refractivity contribution in [3.63, 3.8) is 0 Å². The summed E-state index contributed by atoms with van der Waals surface area (Å²) in [6.45, 7) is 1.73. The highest BCUT2D eigenvalue weighted by Gasteiger charge is 2.34. The zero-order chi connectivity index (χ0) is 22.7. The minimum atomic E-state index is -4.06. The fourth-order valence-electron chi connectivity index (χ4n) is 5.39. The van der Waals surface area contributed by atoms with Crippen molar-refractivity contribution in [3.05, 3.63) is 77.9 Å². The smallest absolute Gasteiger partial charge is 0.223 e. The highest BCUT2D eigenvalue weighted by Crippen LogP contribution is 2.41. The summed E-state index contributed by atoms with van der Waals surface area (Å²) in [6.07, 6.45) is 4.80. The number of aromatic amines is 1. The van der Waals surface area contributed by atoms with Crippen LogP contribution in [0.3, 0.4) is 0 Å². The highest BCUT2D eigenvalue weighted by atomic mass is 32.2. The molecule has 2 aliphatic heterocycles. The van der Waals surface area contributed by atoms with E-state index in [2.05, 4.69) is 9.88 Å². The third-order valence-corrected chi connectivity index (χ3v) is 8.72. The summed E-state index contributed by atoms with van der Waals surface area (Å²) < 4.78 is 57.1. The van der Waals surface area contributed by atoms with E-state index in [1.54, 1.807) is 24.3 Å². The van der Waals surface area contributed by atoms with E-state index in [-0.39, 0.29) is 20.8 Å². The minimum absolute atomic E-state index is 0.0139. The first kappa shape index (κ1) is 20.6. The van der Waals surface area contributed by atoms with Crippen molar-refractivity contribution in [2.75, 3.05) is 13.1 Å². The molecule has 1 N–H and O–H groups in total. The monoisotopic (exact) mass is 464 g/mol. The summed E-state index contributed by atoms with van der Waals surface area (Å²) in [5.74, 6) is -1.53. The number of H-pyrrole nitrogens is 1. The molecule has 1 fully saturated rings. The van der Waals surface area contributed by atoms with Gasteiger partial charge >= 0.3 is 0 Å². The normalized spacial score (nSPS) is 19.2. The maximum absolute atomic E-state index is 14.8. The van der Waals surface area contributed by atoms with E-state index >= 15 is 0 Å². The molecule has 168 valence electrons. The van der Waals surface area contributed by atoms with E-state index in [4.69, 9.17) is 0 Å². The van der Waals surface area contributed by atoms with Crippen molar-refractivity contribution in [2.24, 2.45) is 0 Å². The van der Waals surface area contributed by atoms with Crippen LogP contribution in [0.25, 0.3) is 27.2 Å². The molecule has 1 atom stereocenters. The number of aromatic nitrogens is 1. The number of hydrogen-bond donors (Lipinski definition) is 1. The molecule has 4 aromatic rings. The molecule has 0 radical (unpaired) electrons. The average Bonchev–Trinajstić information content (AvgIpc) is 3.43. The van der Waals surface area contributed by atoms with Crippen molar-refractivity contribution in [1.29, 1.82) is 0 Å². The molecule has 1 aromatic heterocycles.